The number of nitrogens with one attached hydrogen (secondary N) is 1. The summed E-state index contributed by atoms with van der Waals surface area (Å²) in [5, 5.41) is 9.96. The Kier molecular flexibility index (Phi) is 8.66. The monoisotopic (exact) mass is 561 g/mol. The van der Waals surface area contributed by atoms with Crippen molar-refractivity contribution in [2.24, 2.45) is 17.8 Å². The molecule has 2 aromatic carbocycles. The summed E-state index contributed by atoms with van der Waals surface area (Å²) in [6.07, 6.45) is 4.56. The molecule has 212 valence electrons. The molecule has 2 saturated heterocycles. The zero-order valence-corrected chi connectivity index (χ0v) is 22.8. The van der Waals surface area contributed by atoms with Crippen LogP contribution in [0.1, 0.15) is 43.6 Å². The number of benzene rings is 2. The minimum absolute atomic E-state index is 0.0527. The van der Waals surface area contributed by atoms with Crippen LogP contribution in [0.25, 0.3) is 0 Å². The maximum Gasteiger partial charge on any atom is 0.320 e. The summed E-state index contributed by atoms with van der Waals surface area (Å²) in [7, 11) is -3.69. The molecule has 3 unspecified atom stereocenters. The van der Waals surface area contributed by atoms with E-state index in [-0.39, 0.29) is 28.5 Å². The molecule has 1 aliphatic carbocycles. The Balaban J connectivity index is 1.18. The van der Waals surface area contributed by atoms with Gasteiger partial charge in [-0.3, -0.25) is 9.69 Å². The quantitative estimate of drug-likeness (QED) is 0.432. The number of piperidine rings is 1. The summed E-state index contributed by atoms with van der Waals surface area (Å²) in [6, 6.07) is 11.0. The van der Waals surface area contributed by atoms with Crippen LogP contribution >= 0.6 is 0 Å². The highest BCUT2D eigenvalue weighted by Gasteiger charge is 2.42. The Labute approximate surface area is 229 Å². The minimum Gasteiger partial charge on any atom is -0.480 e. The zero-order valence-electron chi connectivity index (χ0n) is 22.0. The van der Waals surface area contributed by atoms with Crippen LogP contribution in [0, 0.1) is 29.4 Å². The van der Waals surface area contributed by atoms with Crippen molar-refractivity contribution in [3.63, 3.8) is 0 Å². The highest BCUT2D eigenvalue weighted by molar-refractivity contribution is 7.89. The lowest BCUT2D eigenvalue weighted by Crippen LogP contribution is -2.42. The predicted molar refractivity (Wildman–Crippen MR) is 144 cm³/mol. The number of aliphatic carboxylic acids is 1. The van der Waals surface area contributed by atoms with Gasteiger partial charge in [0, 0.05) is 32.1 Å². The van der Waals surface area contributed by atoms with Gasteiger partial charge in [0.15, 0.2) is 0 Å². The van der Waals surface area contributed by atoms with Gasteiger partial charge in [0.1, 0.15) is 17.7 Å². The number of nitrogens with zero attached hydrogens (tertiary/aromatic N) is 2. The molecule has 3 aliphatic rings. The first-order valence-corrected chi connectivity index (χ1v) is 15.4. The van der Waals surface area contributed by atoms with E-state index in [1.54, 1.807) is 12.1 Å². The average Bonchev–Trinajstić information content (AvgIpc) is 3.65. The van der Waals surface area contributed by atoms with Gasteiger partial charge in [0.2, 0.25) is 10.0 Å². The third kappa shape index (κ3) is 7.22. The van der Waals surface area contributed by atoms with Crippen LogP contribution < -0.4 is 4.72 Å². The van der Waals surface area contributed by atoms with Crippen LogP contribution in [0.3, 0.4) is 0 Å². The van der Waals surface area contributed by atoms with Gasteiger partial charge in [-0.15, -0.1) is 0 Å². The molecule has 2 N–H and O–H groups in total. The Morgan fingerprint density at radius 2 is 1.69 bits per heavy atom. The minimum atomic E-state index is -3.69. The third-order valence-electron chi connectivity index (χ3n) is 8.61. The van der Waals surface area contributed by atoms with Gasteiger partial charge in [0.25, 0.3) is 0 Å². The van der Waals surface area contributed by atoms with Crippen molar-refractivity contribution in [2.45, 2.75) is 49.0 Å². The Morgan fingerprint density at radius 3 is 2.33 bits per heavy atom. The Hall–Kier alpha value is -2.40. The highest BCUT2D eigenvalue weighted by Crippen LogP contribution is 2.39. The van der Waals surface area contributed by atoms with Crippen molar-refractivity contribution in [1.82, 2.24) is 14.5 Å². The van der Waals surface area contributed by atoms with Crippen LogP contribution in [-0.2, 0) is 14.8 Å². The van der Waals surface area contributed by atoms with Crippen molar-refractivity contribution in [3.8, 4) is 0 Å². The molecular formula is C29H37F2N3O4S. The molecule has 1 saturated carbocycles. The van der Waals surface area contributed by atoms with E-state index in [0.29, 0.717) is 32.0 Å². The normalized spacial score (nSPS) is 24.2. The van der Waals surface area contributed by atoms with Gasteiger partial charge in [0.05, 0.1) is 4.90 Å². The smallest absolute Gasteiger partial charge is 0.320 e. The van der Waals surface area contributed by atoms with E-state index in [2.05, 4.69) is 14.5 Å². The molecule has 0 aromatic heterocycles. The van der Waals surface area contributed by atoms with Gasteiger partial charge >= 0.3 is 5.97 Å². The Bertz CT molecular complexity index is 1250. The van der Waals surface area contributed by atoms with Crippen LogP contribution in [0.2, 0.25) is 0 Å². The summed E-state index contributed by atoms with van der Waals surface area (Å²) in [5.74, 6) is -0.593. The fraction of sp³-hybridized carbons (Fsp3) is 0.552. The molecule has 0 amide bonds. The van der Waals surface area contributed by atoms with E-state index >= 15 is 0 Å². The maximum absolute atomic E-state index is 14.1. The van der Waals surface area contributed by atoms with Gasteiger partial charge in [-0.05, 0) is 92.1 Å². The molecule has 2 aliphatic heterocycles. The largest absolute Gasteiger partial charge is 0.480 e. The first-order chi connectivity index (χ1) is 18.7. The zero-order chi connectivity index (χ0) is 27.6. The van der Waals surface area contributed by atoms with Crippen molar-refractivity contribution in [1.29, 1.82) is 0 Å². The van der Waals surface area contributed by atoms with Gasteiger partial charge in [-0.25, -0.2) is 21.9 Å². The van der Waals surface area contributed by atoms with Crippen molar-refractivity contribution < 1.29 is 27.1 Å². The maximum atomic E-state index is 14.1. The second kappa shape index (κ2) is 12.0. The molecule has 3 fully saturated rings. The number of carboxylic acids is 1. The van der Waals surface area contributed by atoms with Gasteiger partial charge < -0.3 is 10.0 Å². The molecule has 0 bridgehead atoms. The molecule has 3 atom stereocenters. The lowest BCUT2D eigenvalue weighted by atomic mass is 9.87. The lowest BCUT2D eigenvalue weighted by molar-refractivity contribution is -0.143. The van der Waals surface area contributed by atoms with E-state index in [9.17, 15) is 27.1 Å². The molecule has 10 heteroatoms. The van der Waals surface area contributed by atoms with E-state index in [1.807, 2.05) is 6.07 Å². The fourth-order valence-corrected chi connectivity index (χ4v) is 7.28. The number of sulfonamides is 1. The molecule has 39 heavy (non-hydrogen) atoms. The topological polar surface area (TPSA) is 89.9 Å². The number of likely N-dealkylation sites (tertiary alicyclic amines) is 2. The molecule has 5 rings (SSSR count). The van der Waals surface area contributed by atoms with Crippen LogP contribution in [0.5, 0.6) is 0 Å². The number of rotatable bonds is 11. The van der Waals surface area contributed by atoms with Gasteiger partial charge in [-0.2, -0.15) is 0 Å². The molecule has 0 spiro atoms. The Morgan fingerprint density at radius 1 is 0.974 bits per heavy atom. The average molecular weight is 562 g/mol. The van der Waals surface area contributed by atoms with Crippen LogP contribution in [0.15, 0.2) is 53.4 Å². The fourth-order valence-electron chi connectivity index (χ4n) is 6.16. The second-order valence-electron chi connectivity index (χ2n) is 11.5. The third-order valence-corrected chi connectivity index (χ3v) is 10.1. The van der Waals surface area contributed by atoms with E-state index in [4.69, 9.17) is 0 Å². The molecule has 7 nitrogen and oxygen atoms in total. The SMILES string of the molecule is O=C(O)C(CC1CC1)N1CC(CN2CCC(CNS(=O)(=O)c3ccc(F)cc3)CC2)C(c2cccc(F)c2)C1. The standard InChI is InChI=1S/C29H37F2N3O4S/c30-24-6-8-26(9-7-24)39(37,38)32-16-21-10-12-33(13-11-21)17-23-18-34(28(29(35)36)14-20-4-5-20)19-27(23)22-2-1-3-25(31)15-22/h1-3,6-9,15,20-21,23,27-28,32H,4-5,10-14,16-19H2,(H,35,36). The molecular weight excluding hydrogens is 524 g/mol. The molecule has 2 aromatic rings. The predicted octanol–water partition coefficient (Wildman–Crippen LogP) is 3.92. The lowest BCUT2D eigenvalue weighted by Gasteiger charge is -2.35. The van der Waals surface area contributed by atoms with E-state index < -0.39 is 27.9 Å². The number of hydrogen-bond donors (Lipinski definition) is 2. The van der Waals surface area contributed by atoms with Crippen molar-refractivity contribution >= 4 is 16.0 Å². The van der Waals surface area contributed by atoms with Crippen LogP contribution in [0.4, 0.5) is 8.78 Å². The summed E-state index contributed by atoms with van der Waals surface area (Å²) in [4.78, 5) is 16.7. The van der Waals surface area contributed by atoms with E-state index in [1.165, 1.54) is 18.2 Å². The van der Waals surface area contributed by atoms with Gasteiger partial charge in [-0.1, -0.05) is 25.0 Å². The second-order valence-corrected chi connectivity index (χ2v) is 13.2. The summed E-state index contributed by atoms with van der Waals surface area (Å²) >= 11 is 0. The summed E-state index contributed by atoms with van der Waals surface area (Å²) in [6.45, 7) is 4.04. The molecule has 2 heterocycles. The van der Waals surface area contributed by atoms with Crippen molar-refractivity contribution in [3.05, 3.63) is 65.7 Å². The number of carboxylic acid groups (broad SMARTS) is 1. The molecule has 0 radical (unpaired) electrons. The van der Waals surface area contributed by atoms with Crippen molar-refractivity contribution in [2.75, 3.05) is 39.3 Å². The highest BCUT2D eigenvalue weighted by atomic mass is 32.2. The first kappa shape index (κ1) is 28.1. The first-order valence-electron chi connectivity index (χ1n) is 13.9. The van der Waals surface area contributed by atoms with E-state index in [0.717, 1.165) is 63.0 Å². The number of carbonyl (C=O) groups is 1. The number of hydrogen-bond acceptors (Lipinski definition) is 5. The summed E-state index contributed by atoms with van der Waals surface area (Å²) in [5.41, 5.74) is 0.920. The summed E-state index contributed by atoms with van der Waals surface area (Å²) < 4.78 is 55.1. The van der Waals surface area contributed by atoms with Crippen LogP contribution in [-0.4, -0.2) is 74.6 Å². The number of halogens is 2.